The van der Waals surface area contributed by atoms with Crippen LogP contribution in [0.1, 0.15) is 57.6 Å². The summed E-state index contributed by atoms with van der Waals surface area (Å²) in [6, 6.07) is 3.66. The fourth-order valence-corrected chi connectivity index (χ4v) is 2.26. The Hall–Kier alpha value is -2.23. The third-order valence-electron chi connectivity index (χ3n) is 3.86. The molecule has 0 aromatic carbocycles. The molecule has 32 heavy (non-hydrogen) atoms. The molecule has 0 aliphatic heterocycles. The lowest BCUT2D eigenvalue weighted by molar-refractivity contribution is 0.0157. The van der Waals surface area contributed by atoms with E-state index in [1.165, 1.54) is 0 Å². The van der Waals surface area contributed by atoms with E-state index in [9.17, 15) is 9.59 Å². The summed E-state index contributed by atoms with van der Waals surface area (Å²) in [5.41, 5.74) is 1.43. The zero-order valence-electron chi connectivity index (χ0n) is 20.5. The number of carbonyl (C=O) groups excluding carboxylic acids is 2. The molecule has 0 aliphatic rings. The van der Waals surface area contributed by atoms with Gasteiger partial charge in [0.25, 0.3) is 5.91 Å². The molecule has 2 N–H and O–H groups in total. The molecule has 0 unspecified atom stereocenters. The fourth-order valence-electron chi connectivity index (χ4n) is 2.26. The maximum Gasteiger partial charge on any atom is 0.407 e. The van der Waals surface area contributed by atoms with E-state index in [1.807, 2.05) is 19.9 Å². The lowest BCUT2D eigenvalue weighted by Crippen LogP contribution is -2.28. The van der Waals surface area contributed by atoms with Gasteiger partial charge in [0.2, 0.25) is 0 Å². The van der Waals surface area contributed by atoms with Crippen molar-refractivity contribution in [3.8, 4) is 0 Å². The average Bonchev–Trinajstić information content (AvgIpc) is 2.78. The first kappa shape index (κ1) is 29.8. The second-order valence-corrected chi connectivity index (χ2v) is 7.42. The molecule has 9 nitrogen and oxygen atoms in total. The van der Waals surface area contributed by atoms with Crippen molar-refractivity contribution < 1.29 is 28.5 Å². The molecular formula is C23H41N3O6. The van der Waals surface area contributed by atoms with Crippen LogP contribution in [0.5, 0.6) is 0 Å². The van der Waals surface area contributed by atoms with Gasteiger partial charge in [-0.1, -0.05) is 34.6 Å². The quantitative estimate of drug-likeness (QED) is 0.415. The minimum absolute atomic E-state index is 0.0433. The number of ether oxygens (including phenoxy) is 4. The zero-order chi connectivity index (χ0) is 24.2. The van der Waals surface area contributed by atoms with E-state index < -0.39 is 6.09 Å². The molecule has 1 heterocycles. The molecule has 9 heteroatoms. The van der Waals surface area contributed by atoms with E-state index in [2.05, 4.69) is 36.4 Å². The van der Waals surface area contributed by atoms with Crippen molar-refractivity contribution in [1.82, 2.24) is 15.6 Å². The van der Waals surface area contributed by atoms with Crippen molar-refractivity contribution in [2.45, 2.75) is 47.0 Å². The van der Waals surface area contributed by atoms with Crippen molar-refractivity contribution in [1.29, 1.82) is 0 Å². The summed E-state index contributed by atoms with van der Waals surface area (Å²) < 4.78 is 20.8. The predicted molar refractivity (Wildman–Crippen MR) is 124 cm³/mol. The van der Waals surface area contributed by atoms with Gasteiger partial charge in [0.05, 0.1) is 51.8 Å². The highest BCUT2D eigenvalue weighted by atomic mass is 16.6. The Morgan fingerprint density at radius 2 is 1.41 bits per heavy atom. The predicted octanol–water partition coefficient (Wildman–Crippen LogP) is 2.93. The summed E-state index contributed by atoms with van der Waals surface area (Å²) >= 11 is 0. The minimum Gasteiger partial charge on any atom is -0.450 e. The lowest BCUT2D eigenvalue weighted by atomic mass is 9.91. The Kier molecular flexibility index (Phi) is 17.1. The number of alkyl carbamates (subject to hydrolysis) is 1. The molecule has 0 aliphatic carbocycles. The molecule has 0 bridgehead atoms. The van der Waals surface area contributed by atoms with E-state index in [1.54, 1.807) is 19.2 Å². The maximum atomic E-state index is 12.1. The number of nitrogens with zero attached hydrogens (tertiary/aromatic N) is 1. The molecule has 1 aromatic heterocycles. The Bertz CT molecular complexity index is 617. The van der Waals surface area contributed by atoms with Gasteiger partial charge in [-0.3, -0.25) is 9.78 Å². The lowest BCUT2D eigenvalue weighted by Gasteiger charge is -2.17. The molecule has 184 valence electrons. The molecule has 2 amide bonds. The number of rotatable bonds is 14. The summed E-state index contributed by atoms with van der Waals surface area (Å²) in [6.07, 6.45) is 1.15. The summed E-state index contributed by atoms with van der Waals surface area (Å²) in [4.78, 5) is 27.5. The Morgan fingerprint density at radius 1 is 0.875 bits per heavy atom. The fraction of sp³-hybridized carbons (Fsp3) is 0.696. The third-order valence-corrected chi connectivity index (χ3v) is 3.86. The molecule has 0 saturated heterocycles. The van der Waals surface area contributed by atoms with Crippen LogP contribution in [0, 0.1) is 0 Å². The van der Waals surface area contributed by atoms with Gasteiger partial charge in [-0.05, 0) is 19.1 Å². The normalized spacial score (nSPS) is 10.7. The van der Waals surface area contributed by atoms with Crippen LogP contribution in [0.3, 0.4) is 0 Å². The van der Waals surface area contributed by atoms with Crippen molar-refractivity contribution in [3.05, 3.63) is 29.6 Å². The molecule has 0 spiro atoms. The number of carbonyl (C=O) groups is 2. The van der Waals surface area contributed by atoms with Gasteiger partial charge in [0.1, 0.15) is 0 Å². The summed E-state index contributed by atoms with van der Waals surface area (Å²) in [5, 5.41) is 5.36. The highest BCUT2D eigenvalue weighted by Crippen LogP contribution is 2.19. The first-order valence-corrected chi connectivity index (χ1v) is 11.2. The van der Waals surface area contributed by atoms with Gasteiger partial charge >= 0.3 is 6.09 Å². The third kappa shape index (κ3) is 14.7. The number of hydrogen-bond acceptors (Lipinski definition) is 7. The van der Waals surface area contributed by atoms with Crippen LogP contribution < -0.4 is 10.6 Å². The van der Waals surface area contributed by atoms with Gasteiger partial charge in [0, 0.05) is 30.4 Å². The van der Waals surface area contributed by atoms with Crippen molar-refractivity contribution >= 4 is 12.0 Å². The smallest absolute Gasteiger partial charge is 0.407 e. The molecule has 0 atom stereocenters. The van der Waals surface area contributed by atoms with E-state index >= 15 is 0 Å². The van der Waals surface area contributed by atoms with Crippen molar-refractivity contribution in [2.75, 3.05) is 59.3 Å². The molecular weight excluding hydrogens is 414 g/mol. The van der Waals surface area contributed by atoms with E-state index in [-0.39, 0.29) is 11.3 Å². The van der Waals surface area contributed by atoms with E-state index in [4.69, 9.17) is 18.9 Å². The average molecular weight is 456 g/mol. The van der Waals surface area contributed by atoms with Crippen LogP contribution in [0.4, 0.5) is 4.79 Å². The second kappa shape index (κ2) is 18.4. The molecule has 1 rings (SSSR count). The van der Waals surface area contributed by atoms with Crippen LogP contribution >= 0.6 is 0 Å². The first-order valence-electron chi connectivity index (χ1n) is 11.2. The van der Waals surface area contributed by atoms with Crippen molar-refractivity contribution in [2.24, 2.45) is 0 Å². The van der Waals surface area contributed by atoms with E-state index in [0.29, 0.717) is 64.9 Å². The largest absolute Gasteiger partial charge is 0.450 e. The highest BCUT2D eigenvalue weighted by molar-refractivity contribution is 5.93. The molecule has 0 saturated carbocycles. The Balaban J connectivity index is 0.00000466. The zero-order valence-corrected chi connectivity index (χ0v) is 20.5. The maximum absolute atomic E-state index is 12.1. The highest BCUT2D eigenvalue weighted by Gasteiger charge is 2.15. The van der Waals surface area contributed by atoms with Crippen LogP contribution in [-0.4, -0.2) is 76.3 Å². The monoisotopic (exact) mass is 455 g/mol. The van der Waals surface area contributed by atoms with Gasteiger partial charge in [-0.15, -0.1) is 0 Å². The molecule has 0 fully saturated rings. The van der Waals surface area contributed by atoms with Crippen LogP contribution in [0.15, 0.2) is 18.3 Å². The standard InChI is InChI=1S/C21H35N3O6.C2H6/c1-5-30-20(26)23-9-11-28-13-15-29-14-12-27-10-8-22-19(25)17-6-7-18(24-16-17)21(2,3)4;1-2/h6-7,16H,5,8-15H2,1-4H3,(H,22,25)(H,23,26);1-2H3. The van der Waals surface area contributed by atoms with Crippen molar-refractivity contribution in [3.63, 3.8) is 0 Å². The van der Waals surface area contributed by atoms with Gasteiger partial charge in [-0.25, -0.2) is 4.79 Å². The molecule has 1 aromatic rings. The van der Waals surface area contributed by atoms with Gasteiger partial charge in [0.15, 0.2) is 0 Å². The molecule has 0 radical (unpaired) electrons. The number of aromatic nitrogens is 1. The number of amides is 2. The first-order chi connectivity index (χ1) is 15.3. The number of pyridine rings is 1. The summed E-state index contributed by atoms with van der Waals surface area (Å²) in [7, 11) is 0. The van der Waals surface area contributed by atoms with Crippen LogP contribution in [0.25, 0.3) is 0 Å². The number of hydrogen-bond donors (Lipinski definition) is 2. The number of nitrogens with one attached hydrogen (secondary N) is 2. The summed E-state index contributed by atoms with van der Waals surface area (Å²) in [5.74, 6) is -0.169. The second-order valence-electron chi connectivity index (χ2n) is 7.42. The van der Waals surface area contributed by atoms with Crippen LogP contribution in [-0.2, 0) is 24.4 Å². The topological polar surface area (TPSA) is 108 Å². The summed E-state index contributed by atoms with van der Waals surface area (Å²) in [6.45, 7) is 15.7. The van der Waals surface area contributed by atoms with Crippen LogP contribution in [0.2, 0.25) is 0 Å². The Labute approximate surface area is 192 Å². The van der Waals surface area contributed by atoms with E-state index in [0.717, 1.165) is 5.69 Å². The Morgan fingerprint density at radius 3 is 1.88 bits per heavy atom. The minimum atomic E-state index is -0.444. The van der Waals surface area contributed by atoms with Gasteiger partial charge in [-0.2, -0.15) is 0 Å². The van der Waals surface area contributed by atoms with Gasteiger partial charge < -0.3 is 29.6 Å². The SMILES string of the molecule is CC.CCOC(=O)NCCOCCOCCOCCNC(=O)c1ccc(C(C)(C)C)nc1.